The summed E-state index contributed by atoms with van der Waals surface area (Å²) in [6, 6.07) is 0. The number of nitrogens with one attached hydrogen (secondary N) is 2. The molecule has 1 aromatic rings. The predicted octanol–water partition coefficient (Wildman–Crippen LogP) is 1.50. The van der Waals surface area contributed by atoms with Gasteiger partial charge in [-0.3, -0.25) is 9.59 Å². The second kappa shape index (κ2) is 6.76. The van der Waals surface area contributed by atoms with E-state index in [0.29, 0.717) is 5.13 Å². The first-order valence-corrected chi connectivity index (χ1v) is 8.66. The van der Waals surface area contributed by atoms with Crippen LogP contribution in [-0.2, 0) is 9.59 Å². The number of hydrogen-bond acceptors (Lipinski definition) is 6. The average Bonchev–Trinajstić information content (AvgIpc) is 2.77. The molecule has 1 saturated heterocycles. The molecule has 0 saturated carbocycles. The van der Waals surface area contributed by atoms with E-state index in [1.807, 2.05) is 13.8 Å². The number of anilines is 1. The molecule has 0 radical (unpaired) electrons. The molecule has 4 N–H and O–H groups in total. The molecule has 2 rings (SSSR count). The van der Waals surface area contributed by atoms with Crippen LogP contribution < -0.4 is 16.4 Å². The molecule has 1 fully saturated rings. The van der Waals surface area contributed by atoms with Crippen LogP contribution in [-0.4, -0.2) is 34.6 Å². The molecular weight excluding hydrogens is 308 g/mol. The fraction of sp³-hybridized carbons (Fsp3) is 0.615. The number of aromatic nitrogens is 1. The Kier molecular flexibility index (Phi) is 5.23. The largest absolute Gasteiger partial charge is 0.369 e. The molecular formula is C13H20N4O2S2. The van der Waals surface area contributed by atoms with Crippen LogP contribution in [0.4, 0.5) is 5.13 Å². The Hall–Kier alpha value is -1.12. The Morgan fingerprint density at radius 3 is 2.90 bits per heavy atom. The summed E-state index contributed by atoms with van der Waals surface area (Å²) in [6.45, 7) is 4.64. The van der Waals surface area contributed by atoms with Gasteiger partial charge in [0.1, 0.15) is 0 Å². The van der Waals surface area contributed by atoms with Gasteiger partial charge < -0.3 is 16.4 Å². The molecule has 2 amide bonds. The highest BCUT2D eigenvalue weighted by atomic mass is 32.2. The molecule has 1 aromatic heterocycles. The number of carbonyl (C=O) groups excluding carboxylic acids is 2. The molecule has 1 aliphatic rings. The van der Waals surface area contributed by atoms with Crippen LogP contribution in [0.2, 0.25) is 0 Å². The van der Waals surface area contributed by atoms with Crippen LogP contribution in [0.1, 0.15) is 31.9 Å². The summed E-state index contributed by atoms with van der Waals surface area (Å²) in [7, 11) is 0. The van der Waals surface area contributed by atoms with Gasteiger partial charge in [-0.05, 0) is 39.7 Å². The average molecular weight is 328 g/mol. The van der Waals surface area contributed by atoms with Crippen LogP contribution in [0, 0.1) is 6.92 Å². The van der Waals surface area contributed by atoms with E-state index in [0.717, 1.165) is 35.7 Å². The fourth-order valence-electron chi connectivity index (χ4n) is 2.19. The summed E-state index contributed by atoms with van der Waals surface area (Å²) in [6.07, 6.45) is 2.98. The van der Waals surface area contributed by atoms with E-state index in [1.54, 1.807) is 0 Å². The monoisotopic (exact) mass is 328 g/mol. The summed E-state index contributed by atoms with van der Waals surface area (Å²) in [5, 5.41) is 6.72. The SMILES string of the molecule is Cc1nc(NC(=O)C2(C)CCCCN2)sc1SCC(N)=O. The van der Waals surface area contributed by atoms with Crippen molar-refractivity contribution in [2.45, 2.75) is 42.9 Å². The van der Waals surface area contributed by atoms with Gasteiger partial charge in [-0.1, -0.05) is 11.3 Å². The molecule has 21 heavy (non-hydrogen) atoms. The Bertz CT molecular complexity index is 538. The van der Waals surface area contributed by atoms with Crippen LogP contribution in [0.5, 0.6) is 0 Å². The van der Waals surface area contributed by atoms with Crippen molar-refractivity contribution in [1.82, 2.24) is 10.3 Å². The van der Waals surface area contributed by atoms with Gasteiger partial charge in [-0.25, -0.2) is 4.98 Å². The quantitative estimate of drug-likeness (QED) is 0.712. The third-order valence-electron chi connectivity index (χ3n) is 3.44. The highest BCUT2D eigenvalue weighted by Gasteiger charge is 2.34. The molecule has 8 heteroatoms. The smallest absolute Gasteiger partial charge is 0.246 e. The second-order valence-corrected chi connectivity index (χ2v) is 7.56. The Balaban J connectivity index is 2.00. The lowest BCUT2D eigenvalue weighted by Gasteiger charge is -2.33. The van der Waals surface area contributed by atoms with Gasteiger partial charge in [0.05, 0.1) is 21.2 Å². The van der Waals surface area contributed by atoms with Crippen LogP contribution in [0.25, 0.3) is 0 Å². The molecule has 0 aliphatic carbocycles. The van der Waals surface area contributed by atoms with E-state index in [2.05, 4.69) is 15.6 Å². The maximum Gasteiger partial charge on any atom is 0.246 e. The van der Waals surface area contributed by atoms with Crippen molar-refractivity contribution in [3.8, 4) is 0 Å². The number of nitrogens with two attached hydrogens (primary N) is 1. The minimum absolute atomic E-state index is 0.0533. The standard InChI is InChI=1S/C13H20N4O2S2/c1-8-10(20-7-9(14)18)21-12(16-8)17-11(19)13(2)5-3-4-6-15-13/h15H,3-7H2,1-2H3,(H2,14,18)(H,16,17,19). The van der Waals surface area contributed by atoms with Crippen LogP contribution >= 0.6 is 23.1 Å². The highest BCUT2D eigenvalue weighted by Crippen LogP contribution is 2.32. The van der Waals surface area contributed by atoms with E-state index in [-0.39, 0.29) is 17.6 Å². The number of amides is 2. The molecule has 6 nitrogen and oxygen atoms in total. The molecule has 1 aliphatic heterocycles. The topological polar surface area (TPSA) is 97.1 Å². The number of nitrogens with zero attached hydrogens (tertiary/aromatic N) is 1. The first-order valence-electron chi connectivity index (χ1n) is 6.86. The number of piperidine rings is 1. The lowest BCUT2D eigenvalue weighted by molar-refractivity contribution is -0.122. The predicted molar refractivity (Wildman–Crippen MR) is 85.7 cm³/mol. The first-order chi connectivity index (χ1) is 9.90. The minimum Gasteiger partial charge on any atom is -0.369 e. The van der Waals surface area contributed by atoms with E-state index in [9.17, 15) is 9.59 Å². The van der Waals surface area contributed by atoms with Crippen molar-refractivity contribution in [1.29, 1.82) is 0 Å². The zero-order chi connectivity index (χ0) is 15.5. The number of aryl methyl sites for hydroxylation is 1. The van der Waals surface area contributed by atoms with E-state index >= 15 is 0 Å². The lowest BCUT2D eigenvalue weighted by atomic mass is 9.90. The molecule has 1 atom stereocenters. The van der Waals surface area contributed by atoms with Crippen LogP contribution in [0.15, 0.2) is 4.21 Å². The second-order valence-electron chi connectivity index (χ2n) is 5.32. The van der Waals surface area contributed by atoms with E-state index in [4.69, 9.17) is 5.73 Å². The zero-order valence-corrected chi connectivity index (χ0v) is 13.8. The Morgan fingerprint density at radius 1 is 1.52 bits per heavy atom. The van der Waals surface area contributed by atoms with E-state index in [1.165, 1.54) is 23.1 Å². The Morgan fingerprint density at radius 2 is 2.29 bits per heavy atom. The number of carbonyl (C=O) groups is 2. The number of thioether (sulfide) groups is 1. The normalized spacial score (nSPS) is 22.0. The fourth-order valence-corrected chi connectivity index (χ4v) is 4.06. The van der Waals surface area contributed by atoms with Gasteiger partial charge in [-0.15, -0.1) is 11.8 Å². The molecule has 0 spiro atoms. The highest BCUT2D eigenvalue weighted by molar-refractivity contribution is 8.01. The van der Waals surface area contributed by atoms with Gasteiger partial charge in [0.15, 0.2) is 5.13 Å². The molecule has 116 valence electrons. The maximum absolute atomic E-state index is 12.4. The summed E-state index contributed by atoms with van der Waals surface area (Å²) in [4.78, 5) is 27.6. The van der Waals surface area contributed by atoms with Crippen molar-refractivity contribution < 1.29 is 9.59 Å². The lowest BCUT2D eigenvalue weighted by Crippen LogP contribution is -2.54. The molecule has 1 unspecified atom stereocenters. The Labute approximate surface area is 132 Å². The number of thiazole rings is 1. The number of primary amides is 1. The molecule has 2 heterocycles. The van der Waals surface area contributed by atoms with Crippen molar-refractivity contribution in [3.05, 3.63) is 5.69 Å². The molecule has 0 aromatic carbocycles. The number of hydrogen-bond donors (Lipinski definition) is 3. The van der Waals surface area contributed by atoms with Crippen molar-refractivity contribution in [2.24, 2.45) is 5.73 Å². The third-order valence-corrected chi connectivity index (χ3v) is 5.90. The summed E-state index contributed by atoms with van der Waals surface area (Å²) in [5.74, 6) is -0.199. The maximum atomic E-state index is 12.4. The molecule has 0 bridgehead atoms. The van der Waals surface area contributed by atoms with Crippen molar-refractivity contribution in [2.75, 3.05) is 17.6 Å². The van der Waals surface area contributed by atoms with Crippen molar-refractivity contribution >= 4 is 40.0 Å². The van der Waals surface area contributed by atoms with E-state index < -0.39 is 5.54 Å². The summed E-state index contributed by atoms with van der Waals surface area (Å²) in [5.41, 5.74) is 5.42. The van der Waals surface area contributed by atoms with Gasteiger partial charge in [0.25, 0.3) is 0 Å². The van der Waals surface area contributed by atoms with Crippen molar-refractivity contribution in [3.63, 3.8) is 0 Å². The van der Waals surface area contributed by atoms with Crippen LogP contribution in [0.3, 0.4) is 0 Å². The van der Waals surface area contributed by atoms with Gasteiger partial charge in [0.2, 0.25) is 11.8 Å². The minimum atomic E-state index is -0.529. The summed E-state index contributed by atoms with van der Waals surface area (Å²) >= 11 is 2.73. The van der Waals surface area contributed by atoms with Gasteiger partial charge in [0, 0.05) is 0 Å². The zero-order valence-electron chi connectivity index (χ0n) is 12.2. The summed E-state index contributed by atoms with van der Waals surface area (Å²) < 4.78 is 0.908. The van der Waals surface area contributed by atoms with Gasteiger partial charge >= 0.3 is 0 Å². The number of rotatable bonds is 5. The van der Waals surface area contributed by atoms with Gasteiger partial charge in [-0.2, -0.15) is 0 Å². The first kappa shape index (κ1) is 16.3. The third kappa shape index (κ3) is 4.18.